The quantitative estimate of drug-likeness (QED) is 0.364. The second-order valence-electron chi connectivity index (χ2n) is 11.1. The first kappa shape index (κ1) is 26.6. The first-order chi connectivity index (χ1) is 16.4. The first-order valence-corrected chi connectivity index (χ1v) is 13.8. The molecule has 2 atom stereocenters. The molecule has 2 aliphatic carbocycles. The van der Waals surface area contributed by atoms with Gasteiger partial charge in [-0.1, -0.05) is 52.4 Å². The Labute approximate surface area is 208 Å². The van der Waals surface area contributed by atoms with Gasteiger partial charge in [-0.05, 0) is 74.6 Å². The van der Waals surface area contributed by atoms with Gasteiger partial charge in [-0.25, -0.2) is 4.79 Å². The fourth-order valence-corrected chi connectivity index (χ4v) is 5.38. The molecular formula is C29H48N4O. The number of carbonyl (C=O) groups excluding carboxylic acids is 1. The van der Waals surface area contributed by atoms with Gasteiger partial charge in [0.1, 0.15) is 0 Å². The van der Waals surface area contributed by atoms with Crippen molar-refractivity contribution in [2.75, 3.05) is 30.9 Å². The lowest BCUT2D eigenvalue weighted by molar-refractivity contribution is 0.152. The van der Waals surface area contributed by atoms with Gasteiger partial charge in [0.2, 0.25) is 0 Å². The van der Waals surface area contributed by atoms with Crippen LogP contribution in [-0.4, -0.2) is 49.9 Å². The molecule has 2 saturated carbocycles. The van der Waals surface area contributed by atoms with Crippen molar-refractivity contribution in [3.8, 4) is 0 Å². The van der Waals surface area contributed by atoms with E-state index in [1.807, 2.05) is 26.2 Å². The summed E-state index contributed by atoms with van der Waals surface area (Å²) in [6.45, 7) is 5.43. The highest BCUT2D eigenvalue weighted by Gasteiger charge is 2.27. The molecule has 0 spiro atoms. The number of benzene rings is 1. The molecule has 5 nitrogen and oxygen atoms in total. The third kappa shape index (κ3) is 8.63. The molecule has 0 aliphatic heterocycles. The smallest absolute Gasteiger partial charge is 0.322 e. The Bertz CT molecular complexity index is 748. The average Bonchev–Trinajstić information content (AvgIpc) is 2.86. The number of hydrogen-bond donors (Lipinski definition) is 1. The molecule has 190 valence electrons. The minimum Gasteiger partial charge on any atom is -0.378 e. The number of anilines is 2. The van der Waals surface area contributed by atoms with E-state index in [9.17, 15) is 4.79 Å². The van der Waals surface area contributed by atoms with Crippen molar-refractivity contribution in [3.63, 3.8) is 0 Å². The summed E-state index contributed by atoms with van der Waals surface area (Å²) in [5.41, 5.74) is 2.01. The Morgan fingerprint density at radius 3 is 2.21 bits per heavy atom. The molecule has 0 saturated heterocycles. The van der Waals surface area contributed by atoms with Crippen LogP contribution in [-0.2, 0) is 0 Å². The van der Waals surface area contributed by atoms with Crippen molar-refractivity contribution < 1.29 is 4.79 Å². The van der Waals surface area contributed by atoms with Gasteiger partial charge in [0.15, 0.2) is 0 Å². The van der Waals surface area contributed by atoms with Gasteiger partial charge in [-0.3, -0.25) is 4.99 Å². The topological polar surface area (TPSA) is 47.9 Å². The van der Waals surface area contributed by atoms with E-state index in [4.69, 9.17) is 4.99 Å². The molecular weight excluding hydrogens is 420 g/mol. The van der Waals surface area contributed by atoms with Crippen LogP contribution in [0.3, 0.4) is 0 Å². The molecule has 1 aromatic carbocycles. The molecule has 0 heterocycles. The van der Waals surface area contributed by atoms with E-state index >= 15 is 0 Å². The lowest BCUT2D eigenvalue weighted by Gasteiger charge is -2.36. The second-order valence-corrected chi connectivity index (χ2v) is 11.1. The Morgan fingerprint density at radius 1 is 0.971 bits per heavy atom. The number of carbonyl (C=O) groups is 1. The van der Waals surface area contributed by atoms with Crippen LogP contribution >= 0.6 is 0 Å². The van der Waals surface area contributed by atoms with Gasteiger partial charge in [0.25, 0.3) is 0 Å². The van der Waals surface area contributed by atoms with Crippen LogP contribution in [0.15, 0.2) is 29.3 Å². The number of nitrogens with one attached hydrogen (secondary N) is 1. The van der Waals surface area contributed by atoms with Crippen LogP contribution in [0.1, 0.15) is 90.9 Å². The normalized spacial score (nSPS) is 19.6. The van der Waals surface area contributed by atoms with Crippen LogP contribution in [0, 0.1) is 11.8 Å². The van der Waals surface area contributed by atoms with E-state index in [0.29, 0.717) is 23.9 Å². The van der Waals surface area contributed by atoms with Gasteiger partial charge >= 0.3 is 6.03 Å². The highest BCUT2D eigenvalue weighted by molar-refractivity contribution is 5.89. The maximum atomic E-state index is 13.4. The van der Waals surface area contributed by atoms with Crippen LogP contribution in [0.4, 0.5) is 16.2 Å². The number of amides is 2. The van der Waals surface area contributed by atoms with Gasteiger partial charge in [0.05, 0.1) is 0 Å². The molecule has 2 amide bonds. The van der Waals surface area contributed by atoms with E-state index < -0.39 is 0 Å². The Hall–Kier alpha value is -2.04. The molecule has 0 radical (unpaired) electrons. The zero-order valence-electron chi connectivity index (χ0n) is 22.1. The fourth-order valence-electron chi connectivity index (χ4n) is 5.38. The second kappa shape index (κ2) is 13.7. The van der Waals surface area contributed by atoms with Gasteiger partial charge in [-0.15, -0.1) is 0 Å². The lowest BCUT2D eigenvalue weighted by atomic mass is 9.92. The van der Waals surface area contributed by atoms with Gasteiger partial charge < -0.3 is 15.1 Å². The maximum absolute atomic E-state index is 13.4. The van der Waals surface area contributed by atoms with Crippen molar-refractivity contribution in [3.05, 3.63) is 24.3 Å². The molecule has 5 heteroatoms. The number of aliphatic imine (C=N–C) groups is 1. The van der Waals surface area contributed by atoms with Crippen molar-refractivity contribution in [1.29, 1.82) is 0 Å². The monoisotopic (exact) mass is 468 g/mol. The van der Waals surface area contributed by atoms with Crippen LogP contribution in [0.25, 0.3) is 0 Å². The van der Waals surface area contributed by atoms with E-state index in [1.165, 1.54) is 51.4 Å². The zero-order valence-corrected chi connectivity index (χ0v) is 22.1. The molecule has 34 heavy (non-hydrogen) atoms. The minimum atomic E-state index is 0.0586. The SMILES string of the molecule is CC(/C=N\C1CCCCC1)CCC(C)CN(C(=O)Nc1ccc(N(C)C)cc1)C1CCCCC1. The van der Waals surface area contributed by atoms with Gasteiger partial charge in [-0.2, -0.15) is 0 Å². The molecule has 0 aromatic heterocycles. The predicted molar refractivity (Wildman–Crippen MR) is 146 cm³/mol. The van der Waals surface area contributed by atoms with Crippen molar-refractivity contribution in [2.45, 2.75) is 103 Å². The van der Waals surface area contributed by atoms with E-state index in [2.05, 4.69) is 47.3 Å². The highest BCUT2D eigenvalue weighted by Crippen LogP contribution is 2.26. The molecule has 0 bridgehead atoms. The number of hydrogen-bond acceptors (Lipinski definition) is 3. The Balaban J connectivity index is 1.53. The third-order valence-corrected chi connectivity index (χ3v) is 7.66. The van der Waals surface area contributed by atoms with Crippen molar-refractivity contribution >= 4 is 23.6 Å². The van der Waals surface area contributed by atoms with Crippen LogP contribution in [0.2, 0.25) is 0 Å². The fraction of sp³-hybridized carbons (Fsp3) is 0.724. The Morgan fingerprint density at radius 2 is 1.59 bits per heavy atom. The molecule has 2 aliphatic rings. The summed E-state index contributed by atoms with van der Waals surface area (Å²) < 4.78 is 0. The minimum absolute atomic E-state index is 0.0586. The predicted octanol–water partition coefficient (Wildman–Crippen LogP) is 7.38. The molecule has 1 aromatic rings. The highest BCUT2D eigenvalue weighted by atomic mass is 16.2. The van der Waals surface area contributed by atoms with E-state index in [1.54, 1.807) is 0 Å². The van der Waals surface area contributed by atoms with E-state index in [-0.39, 0.29) is 6.03 Å². The summed E-state index contributed by atoms with van der Waals surface area (Å²) in [5, 5.41) is 3.18. The van der Waals surface area contributed by atoms with Crippen LogP contribution in [0.5, 0.6) is 0 Å². The standard InChI is InChI=1S/C29H48N4O/c1-23(21-30-25-11-7-5-8-12-25)15-16-24(2)22-33(28-13-9-6-10-14-28)29(34)31-26-17-19-27(20-18-26)32(3)4/h17-21,23-25,28H,5-16,22H2,1-4H3,(H,31,34)/b30-21-. The summed E-state index contributed by atoms with van der Waals surface area (Å²) in [6.07, 6.45) is 17.1. The Kier molecular flexibility index (Phi) is 10.7. The van der Waals surface area contributed by atoms with Crippen molar-refractivity contribution in [2.24, 2.45) is 16.8 Å². The number of nitrogens with zero attached hydrogens (tertiary/aromatic N) is 3. The lowest BCUT2D eigenvalue weighted by Crippen LogP contribution is -2.46. The summed E-state index contributed by atoms with van der Waals surface area (Å²) in [7, 11) is 4.06. The molecule has 1 N–H and O–H groups in total. The largest absolute Gasteiger partial charge is 0.378 e. The summed E-state index contributed by atoms with van der Waals surface area (Å²) in [6, 6.07) is 9.10. The number of urea groups is 1. The molecule has 2 fully saturated rings. The maximum Gasteiger partial charge on any atom is 0.322 e. The van der Waals surface area contributed by atoms with Gasteiger partial charge in [0, 0.05) is 50.3 Å². The average molecular weight is 469 g/mol. The number of rotatable bonds is 10. The van der Waals surface area contributed by atoms with E-state index in [0.717, 1.165) is 43.6 Å². The van der Waals surface area contributed by atoms with Crippen LogP contribution < -0.4 is 10.2 Å². The van der Waals surface area contributed by atoms with Crippen molar-refractivity contribution in [1.82, 2.24) is 4.90 Å². The molecule has 2 unspecified atom stereocenters. The zero-order chi connectivity index (χ0) is 24.3. The molecule has 3 rings (SSSR count). The third-order valence-electron chi connectivity index (χ3n) is 7.66. The first-order valence-electron chi connectivity index (χ1n) is 13.8. The summed E-state index contributed by atoms with van der Waals surface area (Å²) in [4.78, 5) is 22.5. The summed E-state index contributed by atoms with van der Waals surface area (Å²) in [5.74, 6) is 0.992. The summed E-state index contributed by atoms with van der Waals surface area (Å²) >= 11 is 0.